The van der Waals surface area contributed by atoms with Crippen LogP contribution in [0.1, 0.15) is 20.3 Å². The summed E-state index contributed by atoms with van der Waals surface area (Å²) in [6, 6.07) is 0. The van der Waals surface area contributed by atoms with Gasteiger partial charge in [0.15, 0.2) is 5.60 Å². The first-order chi connectivity index (χ1) is 7.37. The van der Waals surface area contributed by atoms with Gasteiger partial charge in [0.1, 0.15) is 6.61 Å². The number of hydrogen-bond acceptors (Lipinski definition) is 6. The Bertz CT molecular complexity index is 213. The lowest BCUT2D eigenvalue weighted by Crippen LogP contribution is -2.43. The van der Waals surface area contributed by atoms with Crippen molar-refractivity contribution in [1.29, 1.82) is 0 Å². The molecule has 1 atom stereocenters. The van der Waals surface area contributed by atoms with Crippen LogP contribution in [-0.2, 0) is 9.53 Å². The summed E-state index contributed by atoms with van der Waals surface area (Å²) in [5.74, 6) is -0.838. The zero-order chi connectivity index (χ0) is 12.8. The van der Waals surface area contributed by atoms with Gasteiger partial charge in [0.2, 0.25) is 0 Å². The minimum absolute atomic E-state index is 0.191. The Labute approximate surface area is 94.5 Å². The van der Waals surface area contributed by atoms with Crippen molar-refractivity contribution in [1.82, 2.24) is 0 Å². The second-order valence-electron chi connectivity index (χ2n) is 4.18. The summed E-state index contributed by atoms with van der Waals surface area (Å²) in [6.07, 6.45) is 0.191. The van der Waals surface area contributed by atoms with Gasteiger partial charge in [-0.15, -0.1) is 0 Å². The largest absolute Gasteiger partial charge is 0.463 e. The highest BCUT2D eigenvalue weighted by atomic mass is 16.6. The third-order valence-electron chi connectivity index (χ3n) is 2.64. The predicted octanol–water partition coefficient (Wildman–Crippen LogP) is -1.35. The first-order valence-electron chi connectivity index (χ1n) is 5.09. The van der Waals surface area contributed by atoms with Gasteiger partial charge in [-0.3, -0.25) is 0 Å². The lowest BCUT2D eigenvalue weighted by molar-refractivity contribution is -0.171. The molecule has 96 valence electrons. The van der Waals surface area contributed by atoms with E-state index in [2.05, 4.69) is 0 Å². The van der Waals surface area contributed by atoms with E-state index in [1.807, 2.05) is 0 Å². The highest BCUT2D eigenvalue weighted by Gasteiger charge is 2.34. The molecule has 0 aromatic carbocycles. The molecule has 0 aliphatic carbocycles. The van der Waals surface area contributed by atoms with Crippen molar-refractivity contribution in [2.45, 2.75) is 25.9 Å². The van der Waals surface area contributed by atoms with Crippen molar-refractivity contribution in [3.8, 4) is 0 Å². The van der Waals surface area contributed by atoms with Crippen LogP contribution >= 0.6 is 0 Å². The molecule has 0 aromatic rings. The maximum Gasteiger partial charge on any atom is 0.337 e. The first-order valence-corrected chi connectivity index (χ1v) is 5.09. The molecule has 0 amide bonds. The fourth-order valence-corrected chi connectivity index (χ4v) is 0.805. The summed E-state index contributed by atoms with van der Waals surface area (Å²) < 4.78 is 4.77. The van der Waals surface area contributed by atoms with Crippen molar-refractivity contribution in [2.75, 3.05) is 26.4 Å². The molecule has 0 saturated heterocycles. The van der Waals surface area contributed by atoms with E-state index in [9.17, 15) is 9.90 Å². The first kappa shape index (κ1) is 15.3. The molecule has 4 N–H and O–H groups in total. The van der Waals surface area contributed by atoms with E-state index < -0.39 is 36.8 Å². The Hall–Kier alpha value is -0.690. The maximum absolute atomic E-state index is 11.4. The van der Waals surface area contributed by atoms with Crippen molar-refractivity contribution in [3.05, 3.63) is 0 Å². The normalized spacial score (nSPS) is 15.6. The molecule has 1 unspecified atom stereocenters. The maximum atomic E-state index is 11.4. The van der Waals surface area contributed by atoms with Crippen LogP contribution in [0.2, 0.25) is 0 Å². The number of hydrogen-bond donors (Lipinski definition) is 4. The average molecular weight is 236 g/mol. The van der Waals surface area contributed by atoms with Gasteiger partial charge >= 0.3 is 5.97 Å². The van der Waals surface area contributed by atoms with Crippen LogP contribution in [0.25, 0.3) is 0 Å². The van der Waals surface area contributed by atoms with E-state index in [0.29, 0.717) is 0 Å². The van der Waals surface area contributed by atoms with Crippen molar-refractivity contribution < 1.29 is 30.0 Å². The van der Waals surface area contributed by atoms with E-state index in [1.165, 1.54) is 6.92 Å². The molecule has 0 saturated carbocycles. The second kappa shape index (κ2) is 6.15. The Morgan fingerprint density at radius 3 is 1.94 bits per heavy atom. The van der Waals surface area contributed by atoms with E-state index in [4.69, 9.17) is 20.1 Å². The van der Waals surface area contributed by atoms with Crippen LogP contribution in [-0.4, -0.2) is 58.4 Å². The molecule has 0 bridgehead atoms. The molecule has 0 radical (unpaired) electrons. The fraction of sp³-hybridized carbons (Fsp3) is 0.900. The fourth-order valence-electron chi connectivity index (χ4n) is 0.805. The Morgan fingerprint density at radius 2 is 1.62 bits per heavy atom. The highest BCUT2D eigenvalue weighted by Crippen LogP contribution is 2.18. The van der Waals surface area contributed by atoms with Crippen LogP contribution in [0, 0.1) is 5.41 Å². The van der Waals surface area contributed by atoms with E-state index >= 15 is 0 Å². The molecule has 16 heavy (non-hydrogen) atoms. The molecule has 0 fully saturated rings. The van der Waals surface area contributed by atoms with Crippen LogP contribution in [0.3, 0.4) is 0 Å². The monoisotopic (exact) mass is 236 g/mol. The average Bonchev–Trinajstić information content (AvgIpc) is 2.31. The third kappa shape index (κ3) is 3.71. The Morgan fingerprint density at radius 1 is 1.19 bits per heavy atom. The number of esters is 1. The van der Waals surface area contributed by atoms with Crippen LogP contribution in [0.15, 0.2) is 0 Å². The number of carbonyl (C=O) groups excluding carboxylic acids is 1. The van der Waals surface area contributed by atoms with Gasteiger partial charge in [0.25, 0.3) is 0 Å². The Kier molecular flexibility index (Phi) is 5.88. The molecule has 0 spiro atoms. The van der Waals surface area contributed by atoms with Crippen molar-refractivity contribution >= 4 is 5.97 Å². The molecular weight excluding hydrogens is 216 g/mol. The van der Waals surface area contributed by atoms with Crippen LogP contribution in [0.5, 0.6) is 0 Å². The summed E-state index contributed by atoms with van der Waals surface area (Å²) >= 11 is 0. The number of aliphatic hydroxyl groups excluding tert-OH is 3. The molecule has 0 aliphatic rings. The summed E-state index contributed by atoms with van der Waals surface area (Å²) in [5.41, 5.74) is -2.86. The van der Waals surface area contributed by atoms with E-state index in [1.54, 1.807) is 6.92 Å². The van der Waals surface area contributed by atoms with Gasteiger partial charge in [-0.2, -0.15) is 0 Å². The molecular formula is C10H20O6. The smallest absolute Gasteiger partial charge is 0.337 e. The molecule has 0 aliphatic heterocycles. The minimum Gasteiger partial charge on any atom is -0.463 e. The highest BCUT2D eigenvalue weighted by molar-refractivity contribution is 5.78. The number of ether oxygens (including phenoxy) is 1. The van der Waals surface area contributed by atoms with Gasteiger partial charge < -0.3 is 25.2 Å². The zero-order valence-corrected chi connectivity index (χ0v) is 9.64. The molecule has 0 heterocycles. The number of rotatable bonds is 7. The van der Waals surface area contributed by atoms with Gasteiger partial charge in [-0.05, 0) is 13.3 Å². The summed E-state index contributed by atoms with van der Waals surface area (Å²) in [5, 5.41) is 36.5. The van der Waals surface area contributed by atoms with E-state index in [-0.39, 0.29) is 13.0 Å². The lowest BCUT2D eigenvalue weighted by atomic mass is 9.92. The number of carbonyl (C=O) groups is 1. The summed E-state index contributed by atoms with van der Waals surface area (Å²) in [7, 11) is 0. The van der Waals surface area contributed by atoms with Gasteiger partial charge in [0, 0.05) is 0 Å². The minimum atomic E-state index is -1.59. The molecule has 6 heteroatoms. The van der Waals surface area contributed by atoms with Gasteiger partial charge in [-0.25, -0.2) is 4.79 Å². The van der Waals surface area contributed by atoms with Crippen LogP contribution in [0.4, 0.5) is 0 Å². The Balaban J connectivity index is 4.38. The van der Waals surface area contributed by atoms with Crippen LogP contribution < -0.4 is 0 Å². The molecule has 6 nitrogen and oxygen atoms in total. The third-order valence-corrected chi connectivity index (χ3v) is 2.64. The molecule has 0 aromatic heterocycles. The SMILES string of the molecule is CCC(C)(O)C(=O)OCC(CO)(CO)CO. The number of aliphatic hydroxyl groups is 4. The lowest BCUT2D eigenvalue weighted by Gasteiger charge is -2.28. The summed E-state index contributed by atoms with van der Waals surface area (Å²) in [6.45, 7) is 1.06. The quantitative estimate of drug-likeness (QED) is 0.407. The topological polar surface area (TPSA) is 107 Å². The van der Waals surface area contributed by atoms with Gasteiger partial charge in [0.05, 0.1) is 25.2 Å². The molecule has 0 rings (SSSR count). The predicted molar refractivity (Wildman–Crippen MR) is 55.6 cm³/mol. The standard InChI is InChI=1S/C10H20O6/c1-3-9(2,15)8(14)16-7-10(4-11,5-12)6-13/h11-13,15H,3-7H2,1-2H3. The van der Waals surface area contributed by atoms with Gasteiger partial charge in [-0.1, -0.05) is 6.92 Å². The van der Waals surface area contributed by atoms with E-state index in [0.717, 1.165) is 0 Å². The second-order valence-corrected chi connectivity index (χ2v) is 4.18. The van der Waals surface area contributed by atoms with Crippen molar-refractivity contribution in [2.24, 2.45) is 5.41 Å². The van der Waals surface area contributed by atoms with Crippen molar-refractivity contribution in [3.63, 3.8) is 0 Å². The summed E-state index contributed by atoms with van der Waals surface area (Å²) in [4.78, 5) is 11.4. The zero-order valence-electron chi connectivity index (χ0n) is 9.64.